The van der Waals surface area contributed by atoms with E-state index in [-0.39, 0.29) is 10.6 Å². The van der Waals surface area contributed by atoms with Crippen molar-refractivity contribution in [1.29, 1.82) is 0 Å². The SMILES string of the molecule is Cc1c(F)c(F)c(F)c(Cl)c1Cl. The first kappa shape index (κ1) is 9.68. The molecule has 0 amide bonds. The minimum Gasteiger partial charge on any atom is -0.203 e. The van der Waals surface area contributed by atoms with Gasteiger partial charge in [0.2, 0.25) is 0 Å². The Kier molecular flexibility index (Phi) is 2.54. The molecule has 0 N–H and O–H groups in total. The summed E-state index contributed by atoms with van der Waals surface area (Å²) in [5.74, 6) is -4.35. The van der Waals surface area contributed by atoms with E-state index in [2.05, 4.69) is 0 Å². The first-order valence-electron chi connectivity index (χ1n) is 2.94. The largest absolute Gasteiger partial charge is 0.203 e. The zero-order valence-electron chi connectivity index (χ0n) is 5.89. The van der Waals surface area contributed by atoms with Gasteiger partial charge in [-0.05, 0) is 6.92 Å². The van der Waals surface area contributed by atoms with Crippen LogP contribution in [0.2, 0.25) is 10.0 Å². The van der Waals surface area contributed by atoms with Gasteiger partial charge in [-0.1, -0.05) is 23.2 Å². The average Bonchev–Trinajstić information content (AvgIpc) is 2.08. The van der Waals surface area contributed by atoms with E-state index in [4.69, 9.17) is 23.2 Å². The normalized spacial score (nSPS) is 10.5. The van der Waals surface area contributed by atoms with Crippen LogP contribution in [0.25, 0.3) is 0 Å². The highest BCUT2D eigenvalue weighted by atomic mass is 35.5. The minimum atomic E-state index is -1.60. The molecule has 0 saturated carbocycles. The summed E-state index contributed by atoms with van der Waals surface area (Å²) in [6.45, 7) is 1.21. The van der Waals surface area contributed by atoms with Crippen molar-refractivity contribution in [3.63, 3.8) is 0 Å². The first-order chi connectivity index (χ1) is 5.46. The van der Waals surface area contributed by atoms with Crippen molar-refractivity contribution in [3.05, 3.63) is 33.1 Å². The van der Waals surface area contributed by atoms with E-state index in [1.165, 1.54) is 6.92 Å². The van der Waals surface area contributed by atoms with Crippen LogP contribution < -0.4 is 0 Å². The van der Waals surface area contributed by atoms with Gasteiger partial charge in [-0.3, -0.25) is 0 Å². The number of halogens is 5. The van der Waals surface area contributed by atoms with Crippen molar-refractivity contribution in [1.82, 2.24) is 0 Å². The van der Waals surface area contributed by atoms with Gasteiger partial charge < -0.3 is 0 Å². The highest BCUT2D eigenvalue weighted by Gasteiger charge is 2.19. The molecule has 1 aromatic carbocycles. The van der Waals surface area contributed by atoms with Crippen LogP contribution in [0.1, 0.15) is 5.56 Å². The lowest BCUT2D eigenvalue weighted by molar-refractivity contribution is 0.444. The van der Waals surface area contributed by atoms with Crippen LogP contribution in [-0.2, 0) is 0 Å². The maximum Gasteiger partial charge on any atom is 0.196 e. The Morgan fingerprint density at radius 2 is 1.33 bits per heavy atom. The second-order valence-electron chi connectivity index (χ2n) is 2.19. The fourth-order valence-electron chi connectivity index (χ4n) is 0.715. The van der Waals surface area contributed by atoms with Crippen molar-refractivity contribution in [2.24, 2.45) is 0 Å². The minimum absolute atomic E-state index is 0.194. The highest BCUT2D eigenvalue weighted by molar-refractivity contribution is 6.42. The summed E-state index contributed by atoms with van der Waals surface area (Å²) in [6, 6.07) is 0. The van der Waals surface area contributed by atoms with E-state index >= 15 is 0 Å². The van der Waals surface area contributed by atoms with E-state index in [0.29, 0.717) is 0 Å². The lowest BCUT2D eigenvalue weighted by Gasteiger charge is -2.04. The van der Waals surface area contributed by atoms with Gasteiger partial charge in [0.1, 0.15) is 0 Å². The second kappa shape index (κ2) is 3.15. The van der Waals surface area contributed by atoms with Gasteiger partial charge >= 0.3 is 0 Å². The lowest BCUT2D eigenvalue weighted by atomic mass is 10.2. The predicted octanol–water partition coefficient (Wildman–Crippen LogP) is 3.72. The zero-order chi connectivity index (χ0) is 9.46. The molecule has 0 unspecified atom stereocenters. The smallest absolute Gasteiger partial charge is 0.196 e. The van der Waals surface area contributed by atoms with E-state index in [9.17, 15) is 13.2 Å². The fourth-order valence-corrected chi connectivity index (χ4v) is 1.11. The second-order valence-corrected chi connectivity index (χ2v) is 2.95. The Morgan fingerprint density at radius 1 is 0.833 bits per heavy atom. The Balaban J connectivity index is 3.60. The molecule has 0 bridgehead atoms. The molecule has 0 radical (unpaired) electrons. The molecule has 0 nitrogen and oxygen atoms in total. The molecule has 0 aliphatic carbocycles. The quantitative estimate of drug-likeness (QED) is 0.457. The monoisotopic (exact) mass is 214 g/mol. The molecule has 0 spiro atoms. The third-order valence-electron chi connectivity index (χ3n) is 1.43. The van der Waals surface area contributed by atoms with Gasteiger partial charge in [-0.2, -0.15) is 0 Å². The molecule has 0 atom stereocenters. The van der Waals surface area contributed by atoms with Crippen LogP contribution in [0.4, 0.5) is 13.2 Å². The standard InChI is InChI=1S/C7H3Cl2F3/c1-2-3(8)4(9)6(11)7(12)5(2)10/h1H3. The van der Waals surface area contributed by atoms with E-state index in [1.807, 2.05) is 0 Å². The highest BCUT2D eigenvalue weighted by Crippen LogP contribution is 2.32. The molecule has 0 heterocycles. The molecule has 0 aromatic heterocycles. The van der Waals surface area contributed by atoms with Crippen LogP contribution in [0, 0.1) is 24.4 Å². The fraction of sp³-hybridized carbons (Fsp3) is 0.143. The summed E-state index contributed by atoms with van der Waals surface area (Å²) < 4.78 is 37.8. The van der Waals surface area contributed by atoms with Gasteiger partial charge in [0, 0.05) is 5.56 Å². The van der Waals surface area contributed by atoms with E-state index in [1.54, 1.807) is 0 Å². The topological polar surface area (TPSA) is 0 Å². The average molecular weight is 215 g/mol. The van der Waals surface area contributed by atoms with Gasteiger partial charge in [-0.25, -0.2) is 13.2 Å². The van der Waals surface area contributed by atoms with E-state index in [0.717, 1.165) is 0 Å². The number of rotatable bonds is 0. The Bertz CT molecular complexity index is 231. The molecule has 0 saturated heterocycles. The van der Waals surface area contributed by atoms with Crippen molar-refractivity contribution in [2.45, 2.75) is 6.92 Å². The maximum atomic E-state index is 12.7. The molecular formula is C7H3Cl2F3. The van der Waals surface area contributed by atoms with Crippen molar-refractivity contribution in [2.75, 3.05) is 0 Å². The van der Waals surface area contributed by atoms with Gasteiger partial charge in [0.05, 0.1) is 10.0 Å². The summed E-state index contributed by atoms with van der Waals surface area (Å²) in [7, 11) is 0. The summed E-state index contributed by atoms with van der Waals surface area (Å²) in [6.07, 6.45) is 0. The number of benzene rings is 1. The van der Waals surface area contributed by atoms with Crippen molar-refractivity contribution < 1.29 is 13.2 Å². The third kappa shape index (κ3) is 1.27. The Labute approximate surface area is 76.9 Å². The van der Waals surface area contributed by atoms with Gasteiger partial charge in [0.15, 0.2) is 17.5 Å². The van der Waals surface area contributed by atoms with Crippen LogP contribution in [0.15, 0.2) is 0 Å². The van der Waals surface area contributed by atoms with Crippen molar-refractivity contribution in [3.8, 4) is 0 Å². The molecule has 5 heteroatoms. The molecule has 0 fully saturated rings. The maximum absolute atomic E-state index is 12.7. The first-order valence-corrected chi connectivity index (χ1v) is 3.70. The third-order valence-corrected chi connectivity index (χ3v) is 2.35. The molecule has 12 heavy (non-hydrogen) atoms. The van der Waals surface area contributed by atoms with Crippen LogP contribution in [0.5, 0.6) is 0 Å². The predicted molar refractivity (Wildman–Crippen MR) is 41.1 cm³/mol. The summed E-state index contributed by atoms with van der Waals surface area (Å²) in [5, 5.41) is -0.888. The molecule has 0 aliphatic rings. The summed E-state index contributed by atoms with van der Waals surface area (Å²) in [5.41, 5.74) is -0.194. The Hall–Kier alpha value is -0.410. The van der Waals surface area contributed by atoms with Crippen LogP contribution >= 0.6 is 23.2 Å². The van der Waals surface area contributed by atoms with Gasteiger partial charge in [-0.15, -0.1) is 0 Å². The molecule has 1 aromatic rings. The van der Waals surface area contributed by atoms with Crippen LogP contribution in [-0.4, -0.2) is 0 Å². The van der Waals surface area contributed by atoms with Crippen LogP contribution in [0.3, 0.4) is 0 Å². The number of hydrogen-bond acceptors (Lipinski definition) is 0. The lowest BCUT2D eigenvalue weighted by Crippen LogP contribution is -1.96. The molecule has 1 rings (SSSR count). The van der Waals surface area contributed by atoms with E-state index < -0.39 is 22.5 Å². The van der Waals surface area contributed by atoms with Crippen molar-refractivity contribution >= 4 is 23.2 Å². The number of hydrogen-bond donors (Lipinski definition) is 0. The molecule has 66 valence electrons. The van der Waals surface area contributed by atoms with Gasteiger partial charge in [0.25, 0.3) is 0 Å². The Morgan fingerprint density at radius 3 is 1.83 bits per heavy atom. The zero-order valence-corrected chi connectivity index (χ0v) is 7.40. The summed E-state index contributed by atoms with van der Waals surface area (Å²) >= 11 is 10.6. The summed E-state index contributed by atoms with van der Waals surface area (Å²) in [4.78, 5) is 0. The molecule has 0 aliphatic heterocycles. The molecular weight excluding hydrogens is 212 g/mol.